The summed E-state index contributed by atoms with van der Waals surface area (Å²) in [5.41, 5.74) is 1.33. The van der Waals surface area contributed by atoms with Gasteiger partial charge < -0.3 is 10.1 Å². The number of hydrogen-bond acceptors (Lipinski definition) is 3. The Hall–Kier alpha value is -2.22. The normalized spacial score (nSPS) is 20.4. The van der Waals surface area contributed by atoms with Gasteiger partial charge in [-0.2, -0.15) is 5.26 Å². The minimum atomic E-state index is -1.00. The van der Waals surface area contributed by atoms with Gasteiger partial charge in [0.2, 0.25) is 5.91 Å². The highest BCUT2D eigenvalue weighted by Crippen LogP contribution is 2.64. The molecule has 1 atom stereocenters. The van der Waals surface area contributed by atoms with E-state index in [4.69, 9.17) is 33.2 Å². The molecule has 1 fully saturated rings. The smallest absolute Gasteiger partial charge is 0.233 e. The Morgan fingerprint density at radius 1 is 1.28 bits per heavy atom. The van der Waals surface area contributed by atoms with Gasteiger partial charge in [-0.15, -0.1) is 23.2 Å². The van der Waals surface area contributed by atoms with E-state index < -0.39 is 9.75 Å². The van der Waals surface area contributed by atoms with Crippen molar-refractivity contribution in [2.24, 2.45) is 5.41 Å². The second kappa shape index (κ2) is 6.59. The maximum Gasteiger partial charge on any atom is 0.233 e. The monoisotopic (exact) mass is 374 g/mol. The molecule has 1 aliphatic carbocycles. The Bertz CT molecular complexity index is 860. The van der Waals surface area contributed by atoms with Crippen LogP contribution in [0.4, 0.5) is 5.69 Å². The number of carbonyl (C=O) groups is 1. The number of halogens is 2. The Labute approximate surface area is 156 Å². The summed E-state index contributed by atoms with van der Waals surface area (Å²) in [5, 5.41) is 11.8. The highest BCUT2D eigenvalue weighted by atomic mass is 35.5. The fraction of sp³-hybridized carbons (Fsp3) is 0.263. The van der Waals surface area contributed by atoms with E-state index in [1.807, 2.05) is 12.1 Å². The molecule has 6 heteroatoms. The molecule has 0 radical (unpaired) electrons. The quantitative estimate of drug-likeness (QED) is 0.774. The van der Waals surface area contributed by atoms with Crippen molar-refractivity contribution in [3.8, 4) is 11.8 Å². The number of anilines is 1. The molecule has 128 valence electrons. The zero-order chi connectivity index (χ0) is 18.1. The number of amides is 1. The van der Waals surface area contributed by atoms with Crippen molar-refractivity contribution >= 4 is 34.8 Å². The topological polar surface area (TPSA) is 62.1 Å². The maximum absolute atomic E-state index is 12.3. The van der Waals surface area contributed by atoms with Crippen molar-refractivity contribution in [1.29, 1.82) is 5.26 Å². The molecule has 0 heterocycles. The first-order chi connectivity index (χ1) is 11.8. The minimum Gasteiger partial charge on any atom is -0.489 e. The summed E-state index contributed by atoms with van der Waals surface area (Å²) in [6.45, 7) is 2.07. The number of rotatable bonds is 5. The minimum absolute atomic E-state index is 0.212. The van der Waals surface area contributed by atoms with Crippen LogP contribution in [-0.4, -0.2) is 10.2 Å². The van der Waals surface area contributed by atoms with E-state index >= 15 is 0 Å². The maximum atomic E-state index is 12.3. The first kappa shape index (κ1) is 17.6. The van der Waals surface area contributed by atoms with Crippen LogP contribution in [0.1, 0.15) is 24.5 Å². The predicted octanol–water partition coefficient (Wildman–Crippen LogP) is 4.66. The molecule has 4 nitrogen and oxygen atoms in total. The lowest BCUT2D eigenvalue weighted by Crippen LogP contribution is -2.25. The molecule has 2 aromatic rings. The number of carbonyl (C=O) groups excluding carboxylic acids is 1. The summed E-state index contributed by atoms with van der Waals surface area (Å²) in [4.78, 5) is 12.3. The molecule has 1 N–H and O–H groups in total. The Morgan fingerprint density at radius 3 is 2.68 bits per heavy atom. The molecule has 0 spiro atoms. The average molecular weight is 375 g/mol. The fourth-order valence-corrected chi connectivity index (χ4v) is 3.18. The third-order valence-electron chi connectivity index (χ3n) is 4.31. The van der Waals surface area contributed by atoms with E-state index in [-0.39, 0.29) is 5.91 Å². The second-order valence-electron chi connectivity index (χ2n) is 6.30. The van der Waals surface area contributed by atoms with Crippen LogP contribution in [-0.2, 0) is 11.4 Å². The molecule has 1 saturated carbocycles. The largest absolute Gasteiger partial charge is 0.489 e. The van der Waals surface area contributed by atoms with Gasteiger partial charge in [-0.25, -0.2) is 0 Å². The van der Waals surface area contributed by atoms with E-state index in [1.165, 1.54) is 0 Å². The van der Waals surface area contributed by atoms with E-state index in [2.05, 4.69) is 11.4 Å². The molecule has 0 saturated heterocycles. The van der Waals surface area contributed by atoms with Gasteiger partial charge in [0.05, 0.1) is 17.0 Å². The third kappa shape index (κ3) is 3.73. The molecular weight excluding hydrogens is 359 g/mol. The summed E-state index contributed by atoms with van der Waals surface area (Å²) < 4.78 is 4.74. The van der Waals surface area contributed by atoms with Crippen LogP contribution in [0.15, 0.2) is 48.5 Å². The highest BCUT2D eigenvalue weighted by molar-refractivity contribution is 6.53. The molecule has 1 unspecified atom stereocenters. The second-order valence-corrected chi connectivity index (χ2v) is 7.78. The van der Waals surface area contributed by atoms with Crippen molar-refractivity contribution in [1.82, 2.24) is 0 Å². The van der Waals surface area contributed by atoms with Crippen molar-refractivity contribution in [2.75, 3.05) is 5.32 Å². The predicted molar refractivity (Wildman–Crippen MR) is 97.7 cm³/mol. The van der Waals surface area contributed by atoms with E-state index in [0.717, 1.165) is 5.56 Å². The van der Waals surface area contributed by atoms with Crippen molar-refractivity contribution in [3.63, 3.8) is 0 Å². The van der Waals surface area contributed by atoms with Crippen LogP contribution in [0.2, 0.25) is 0 Å². The molecule has 0 bridgehead atoms. The van der Waals surface area contributed by atoms with Crippen LogP contribution < -0.4 is 10.1 Å². The summed E-state index contributed by atoms with van der Waals surface area (Å²) in [6, 6.07) is 16.4. The lowest BCUT2D eigenvalue weighted by Gasteiger charge is -2.13. The number of alkyl halides is 2. The van der Waals surface area contributed by atoms with Gasteiger partial charge in [-0.3, -0.25) is 4.79 Å². The Kier molecular flexibility index (Phi) is 4.64. The lowest BCUT2D eigenvalue weighted by molar-refractivity contribution is -0.120. The molecule has 25 heavy (non-hydrogen) atoms. The number of ether oxygens (including phenoxy) is 1. The first-order valence-electron chi connectivity index (χ1n) is 7.75. The zero-order valence-corrected chi connectivity index (χ0v) is 15.1. The van der Waals surface area contributed by atoms with Crippen LogP contribution in [0, 0.1) is 16.7 Å². The highest BCUT2D eigenvalue weighted by Gasteiger charge is 2.67. The zero-order valence-electron chi connectivity index (χ0n) is 13.6. The van der Waals surface area contributed by atoms with Gasteiger partial charge in [0, 0.05) is 11.8 Å². The standard InChI is InChI=1S/C19H16Cl2N2O2/c1-18(12-19(18,20)21)17(24)23-15-6-3-7-16(9-15)25-11-14-5-2-4-13(8-14)10-22/h2-9H,11-12H2,1H3,(H,23,24). The Morgan fingerprint density at radius 2 is 2.00 bits per heavy atom. The van der Waals surface area contributed by atoms with Crippen LogP contribution in [0.25, 0.3) is 0 Å². The van der Waals surface area contributed by atoms with Gasteiger partial charge in [-0.05, 0) is 43.2 Å². The van der Waals surface area contributed by atoms with Crippen molar-refractivity contribution < 1.29 is 9.53 Å². The van der Waals surface area contributed by atoms with Crippen LogP contribution in [0.3, 0.4) is 0 Å². The SMILES string of the molecule is CC1(C(=O)Nc2cccc(OCc3cccc(C#N)c3)c2)CC1(Cl)Cl. The van der Waals surface area contributed by atoms with Crippen molar-refractivity contribution in [2.45, 2.75) is 24.3 Å². The van der Waals surface area contributed by atoms with E-state index in [9.17, 15) is 4.79 Å². The number of nitrogens with one attached hydrogen (secondary N) is 1. The molecule has 0 aromatic heterocycles. The average Bonchev–Trinajstić information content (AvgIpc) is 3.13. The van der Waals surface area contributed by atoms with E-state index in [1.54, 1.807) is 43.3 Å². The number of nitrogens with zero attached hydrogens (tertiary/aromatic N) is 1. The fourth-order valence-electron chi connectivity index (χ4n) is 2.48. The lowest BCUT2D eigenvalue weighted by atomic mass is 10.1. The molecule has 2 aromatic carbocycles. The summed E-state index contributed by atoms with van der Waals surface area (Å²) in [6.07, 6.45) is 0.431. The van der Waals surface area contributed by atoms with Gasteiger partial charge in [0.25, 0.3) is 0 Å². The van der Waals surface area contributed by atoms with Gasteiger partial charge in [0.1, 0.15) is 16.7 Å². The van der Waals surface area contributed by atoms with Crippen LogP contribution >= 0.6 is 23.2 Å². The molecule has 0 aliphatic heterocycles. The summed E-state index contributed by atoms with van der Waals surface area (Å²) in [5.74, 6) is 0.403. The summed E-state index contributed by atoms with van der Waals surface area (Å²) >= 11 is 12.1. The van der Waals surface area contributed by atoms with Gasteiger partial charge >= 0.3 is 0 Å². The number of hydrogen-bond donors (Lipinski definition) is 1. The molecule has 1 amide bonds. The Balaban J connectivity index is 1.64. The first-order valence-corrected chi connectivity index (χ1v) is 8.51. The molecule has 1 aliphatic rings. The van der Waals surface area contributed by atoms with Crippen molar-refractivity contribution in [3.05, 3.63) is 59.7 Å². The number of nitriles is 1. The van der Waals surface area contributed by atoms with Gasteiger partial charge in [-0.1, -0.05) is 18.2 Å². The van der Waals surface area contributed by atoms with E-state index in [0.29, 0.717) is 30.0 Å². The molecular formula is C19H16Cl2N2O2. The van der Waals surface area contributed by atoms with Gasteiger partial charge in [0.15, 0.2) is 0 Å². The summed E-state index contributed by atoms with van der Waals surface area (Å²) in [7, 11) is 0. The van der Waals surface area contributed by atoms with Crippen LogP contribution in [0.5, 0.6) is 5.75 Å². The molecule has 3 rings (SSSR count). The third-order valence-corrected chi connectivity index (χ3v) is 5.41. The number of benzene rings is 2.